The molecule has 0 aliphatic carbocycles. The Morgan fingerprint density at radius 1 is 0.317 bits per heavy atom. The predicted octanol–water partition coefficient (Wildman–Crippen LogP) is -1.64. The van der Waals surface area contributed by atoms with Gasteiger partial charge in [0.2, 0.25) is 0 Å². The second-order valence-corrected chi connectivity index (χ2v) is 7.19. The Labute approximate surface area is 261 Å². The van der Waals surface area contributed by atoms with Crippen molar-refractivity contribution in [2.24, 2.45) is 0 Å². The Morgan fingerprint density at radius 3 is 0.390 bits per heavy atom. The molecule has 240 valence electrons. The zero-order valence-corrected chi connectivity index (χ0v) is 28.5. The number of carbonyl (C=O) groups excluding carboxylic acids is 5. The fraction of sp³-hybridized carbons (Fsp3) is 0.800. The number of nitrogens with zero attached hydrogens (tertiary/aromatic N) is 5. The molecule has 0 aromatic heterocycles. The van der Waals surface area contributed by atoms with Crippen LogP contribution in [0.4, 0.5) is 24.0 Å². The summed E-state index contributed by atoms with van der Waals surface area (Å²) in [6, 6.07) is 0. The zero-order valence-electron chi connectivity index (χ0n) is 26.3. The molecule has 16 heteroatoms. The van der Waals surface area contributed by atoms with Gasteiger partial charge in [-0.2, -0.15) is 0 Å². The Balaban J connectivity index is -0.0000000928. The third-order valence-electron chi connectivity index (χ3n) is 5.11. The molecule has 0 N–H and O–H groups in total. The number of hydrogen-bond donors (Lipinski definition) is 0. The Bertz CT molecular complexity index is 527. The summed E-state index contributed by atoms with van der Waals surface area (Å²) in [6.07, 6.45) is -5.44. The van der Waals surface area contributed by atoms with E-state index in [1.54, 1.807) is 69.2 Å². The van der Waals surface area contributed by atoms with Gasteiger partial charge >= 0.3 is 22.4 Å². The first-order valence-corrected chi connectivity index (χ1v) is 13.4. The van der Waals surface area contributed by atoms with Gasteiger partial charge in [-0.25, -0.2) is 0 Å². The molecule has 15 nitrogen and oxygen atoms in total. The SMILES string of the molecule is CCN(CC)C(=O)[O-].CCN(CC)C(=O)[O-].CCN(CC)C(=O)[O-].CCN(CC)C(=O)[O-].CCN(CC)C(=O)[O-].[Nb+5]. The van der Waals surface area contributed by atoms with Gasteiger partial charge < -0.3 is 74.0 Å². The molecule has 0 saturated heterocycles. The van der Waals surface area contributed by atoms with Crippen molar-refractivity contribution >= 4 is 30.5 Å². The fourth-order valence-electron chi connectivity index (χ4n) is 2.41. The molecule has 0 bridgehead atoms. The number of hydrogen-bond acceptors (Lipinski definition) is 10. The van der Waals surface area contributed by atoms with Gasteiger partial charge in [-0.05, 0) is 69.2 Å². The predicted molar refractivity (Wildman–Crippen MR) is 142 cm³/mol. The van der Waals surface area contributed by atoms with Crippen LogP contribution < -0.4 is 25.5 Å². The van der Waals surface area contributed by atoms with Crippen LogP contribution in [-0.4, -0.2) is 120 Å². The van der Waals surface area contributed by atoms with Crippen LogP contribution in [0.15, 0.2) is 0 Å². The molecule has 0 saturated carbocycles. The molecule has 0 aliphatic heterocycles. The Hall–Kier alpha value is -2.91. The molecule has 0 fully saturated rings. The Kier molecular flexibility index (Phi) is 43.6. The average Bonchev–Trinajstić information content (AvgIpc) is 2.88. The largest absolute Gasteiger partial charge is 5.00 e. The van der Waals surface area contributed by atoms with Crippen molar-refractivity contribution < 1.29 is 71.9 Å². The van der Waals surface area contributed by atoms with E-state index >= 15 is 0 Å². The van der Waals surface area contributed by atoms with E-state index < -0.39 is 30.5 Å². The van der Waals surface area contributed by atoms with Gasteiger partial charge in [-0.1, -0.05) is 0 Å². The number of rotatable bonds is 10. The first-order chi connectivity index (χ1) is 18.6. The van der Waals surface area contributed by atoms with Crippen LogP contribution in [0.25, 0.3) is 0 Å². The number of amides is 5. The first kappa shape index (κ1) is 50.9. The molecule has 0 heterocycles. The summed E-state index contributed by atoms with van der Waals surface area (Å²) in [5, 5.41) is 49.9. The molecule has 0 aliphatic rings. The normalized spacial score (nSPS) is 8.54. The van der Waals surface area contributed by atoms with Gasteiger partial charge in [-0.3, -0.25) is 0 Å². The minimum absolute atomic E-state index is 0. The molecule has 0 rings (SSSR count). The van der Waals surface area contributed by atoms with E-state index in [2.05, 4.69) is 0 Å². The summed E-state index contributed by atoms with van der Waals surface area (Å²) in [7, 11) is 0. The van der Waals surface area contributed by atoms with Crippen molar-refractivity contribution in [1.82, 2.24) is 24.5 Å². The first-order valence-electron chi connectivity index (χ1n) is 13.4. The van der Waals surface area contributed by atoms with Gasteiger partial charge in [0, 0.05) is 65.4 Å². The average molecular weight is 674 g/mol. The minimum atomic E-state index is -1.09. The topological polar surface area (TPSA) is 217 Å². The zero-order chi connectivity index (χ0) is 32.8. The molecule has 0 atom stereocenters. The standard InChI is InChI=1S/5C5H11NO2.Nb/c5*1-3-6(4-2)5(7)8;/h5*3-4H2,1-2H3,(H,7,8);/q;;;;;+5/p-5. The molecular formula is C25H50N5NbO10. The summed E-state index contributed by atoms with van der Waals surface area (Å²) < 4.78 is 0. The van der Waals surface area contributed by atoms with E-state index in [4.69, 9.17) is 0 Å². The molecule has 5 amide bonds. The molecule has 0 aromatic carbocycles. The molecule has 0 unspecified atom stereocenters. The Morgan fingerprint density at radius 2 is 0.390 bits per heavy atom. The van der Waals surface area contributed by atoms with Crippen LogP contribution in [0.2, 0.25) is 0 Å². The summed E-state index contributed by atoms with van der Waals surface area (Å²) in [5.74, 6) is 0. The van der Waals surface area contributed by atoms with Crippen molar-refractivity contribution in [2.45, 2.75) is 69.2 Å². The maximum absolute atomic E-state index is 9.98. The van der Waals surface area contributed by atoms with Gasteiger partial charge in [-0.15, -0.1) is 0 Å². The van der Waals surface area contributed by atoms with Gasteiger partial charge in [0.1, 0.15) is 30.5 Å². The number of carboxylic acid groups (broad SMARTS) is 5. The van der Waals surface area contributed by atoms with Crippen molar-refractivity contribution in [2.75, 3.05) is 65.4 Å². The van der Waals surface area contributed by atoms with Crippen LogP contribution >= 0.6 is 0 Å². The third kappa shape index (κ3) is 33.2. The van der Waals surface area contributed by atoms with Gasteiger partial charge in [0.25, 0.3) is 0 Å². The monoisotopic (exact) mass is 673 g/mol. The second-order valence-electron chi connectivity index (χ2n) is 7.19. The summed E-state index contributed by atoms with van der Waals surface area (Å²) >= 11 is 0. The summed E-state index contributed by atoms with van der Waals surface area (Å²) in [6.45, 7) is 22.9. The van der Waals surface area contributed by atoms with Gasteiger partial charge in [0.05, 0.1) is 0 Å². The van der Waals surface area contributed by atoms with Crippen molar-refractivity contribution in [1.29, 1.82) is 0 Å². The van der Waals surface area contributed by atoms with Crippen LogP contribution in [0.1, 0.15) is 69.2 Å². The third-order valence-corrected chi connectivity index (χ3v) is 5.11. The fourth-order valence-corrected chi connectivity index (χ4v) is 2.41. The van der Waals surface area contributed by atoms with E-state index in [9.17, 15) is 49.5 Å². The van der Waals surface area contributed by atoms with E-state index in [1.807, 2.05) is 0 Å². The quantitative estimate of drug-likeness (QED) is 0.241. The van der Waals surface area contributed by atoms with Crippen molar-refractivity contribution in [3.63, 3.8) is 0 Å². The van der Waals surface area contributed by atoms with Crippen LogP contribution in [-0.2, 0) is 22.4 Å². The molecule has 0 radical (unpaired) electrons. The van der Waals surface area contributed by atoms with Crippen LogP contribution in [0, 0.1) is 0 Å². The van der Waals surface area contributed by atoms with Crippen LogP contribution in [0.5, 0.6) is 0 Å². The minimum Gasteiger partial charge on any atom is -0.530 e. The molecule has 0 aromatic rings. The smallest absolute Gasteiger partial charge is 0.530 e. The van der Waals surface area contributed by atoms with Gasteiger partial charge in [0.15, 0.2) is 0 Å². The molecule has 41 heavy (non-hydrogen) atoms. The van der Waals surface area contributed by atoms with E-state index in [1.165, 1.54) is 24.5 Å². The molecular weight excluding hydrogens is 623 g/mol. The van der Waals surface area contributed by atoms with E-state index in [0.29, 0.717) is 65.4 Å². The van der Waals surface area contributed by atoms with E-state index in [-0.39, 0.29) is 22.4 Å². The summed E-state index contributed by atoms with van der Waals surface area (Å²) in [5.41, 5.74) is 0. The van der Waals surface area contributed by atoms with E-state index in [0.717, 1.165) is 0 Å². The second kappa shape index (κ2) is 35.1. The summed E-state index contributed by atoms with van der Waals surface area (Å²) in [4.78, 5) is 56.0. The molecule has 0 spiro atoms. The number of carbonyl (C=O) groups is 5. The maximum atomic E-state index is 9.98. The van der Waals surface area contributed by atoms with Crippen molar-refractivity contribution in [3.8, 4) is 0 Å². The maximum Gasteiger partial charge on any atom is 5.00 e. The van der Waals surface area contributed by atoms with Crippen molar-refractivity contribution in [3.05, 3.63) is 0 Å². The van der Waals surface area contributed by atoms with Crippen LogP contribution in [0.3, 0.4) is 0 Å².